The largest absolute Gasteiger partial charge is 0.494 e. The number of hydrogen-bond donors (Lipinski definition) is 2. The molecule has 0 aliphatic rings. The normalized spacial score (nSPS) is 11.0. The van der Waals surface area contributed by atoms with Gasteiger partial charge in [0.1, 0.15) is 22.9 Å². The molecule has 0 radical (unpaired) electrons. The highest BCUT2D eigenvalue weighted by atomic mass is 16.5. The Kier molecular flexibility index (Phi) is 10.1. The summed E-state index contributed by atoms with van der Waals surface area (Å²) in [5, 5.41) is 11.1. The molecule has 4 rings (SSSR count). The Balaban J connectivity index is 1.24. The van der Waals surface area contributed by atoms with Crippen LogP contribution in [0.1, 0.15) is 61.5 Å². The molecule has 0 saturated heterocycles. The molecule has 0 aliphatic heterocycles. The monoisotopic (exact) mass is 510 g/mol. The first kappa shape index (κ1) is 26.7. The third-order valence-corrected chi connectivity index (χ3v) is 5.96. The Morgan fingerprint density at radius 2 is 1.63 bits per heavy atom. The van der Waals surface area contributed by atoms with Crippen LogP contribution in [0.5, 0.6) is 17.2 Å². The number of aromatic nitrogens is 2. The molecule has 7 nitrogen and oxygen atoms in total. The maximum Gasteiger partial charge on any atom is 0.289 e. The SMILES string of the molecule is CCCCCCCCOc1ccc(-c2cc(C(=O)N/N=C\c3cccc(Oc4ccccc4)c3)[nH]n2)cc1. The molecule has 4 aromatic rings. The maximum atomic E-state index is 12.5. The fraction of sp³-hybridized carbons (Fsp3) is 0.258. The number of H-pyrrole nitrogens is 1. The lowest BCUT2D eigenvalue weighted by atomic mass is 10.1. The molecule has 38 heavy (non-hydrogen) atoms. The number of nitrogens with zero attached hydrogens (tertiary/aromatic N) is 2. The molecular formula is C31H34N4O3. The van der Waals surface area contributed by atoms with Crippen molar-refractivity contribution in [3.8, 4) is 28.5 Å². The van der Waals surface area contributed by atoms with Crippen LogP contribution in [0.4, 0.5) is 0 Å². The minimum absolute atomic E-state index is 0.321. The van der Waals surface area contributed by atoms with Crippen molar-refractivity contribution in [2.75, 3.05) is 6.61 Å². The molecule has 2 N–H and O–H groups in total. The second-order valence-electron chi connectivity index (χ2n) is 8.99. The highest BCUT2D eigenvalue weighted by Gasteiger charge is 2.10. The van der Waals surface area contributed by atoms with Gasteiger partial charge in [-0.25, -0.2) is 5.43 Å². The third-order valence-electron chi connectivity index (χ3n) is 5.96. The first-order valence-electron chi connectivity index (χ1n) is 13.2. The number of carbonyl (C=O) groups is 1. The molecule has 0 atom stereocenters. The average Bonchev–Trinajstić information content (AvgIpc) is 3.44. The number of para-hydroxylation sites is 1. The van der Waals surface area contributed by atoms with Gasteiger partial charge in [0.2, 0.25) is 0 Å². The van der Waals surface area contributed by atoms with Crippen molar-refractivity contribution < 1.29 is 14.3 Å². The summed E-state index contributed by atoms with van der Waals surface area (Å²) in [6.07, 6.45) is 8.99. The van der Waals surface area contributed by atoms with Crippen molar-refractivity contribution in [1.29, 1.82) is 0 Å². The Morgan fingerprint density at radius 3 is 2.45 bits per heavy atom. The second kappa shape index (κ2) is 14.4. The lowest BCUT2D eigenvalue weighted by Gasteiger charge is -2.06. The summed E-state index contributed by atoms with van der Waals surface area (Å²) in [6, 6.07) is 26.4. The lowest BCUT2D eigenvalue weighted by Crippen LogP contribution is -2.18. The quantitative estimate of drug-likeness (QED) is 0.105. The molecule has 1 aromatic heterocycles. The minimum Gasteiger partial charge on any atom is -0.494 e. The smallest absolute Gasteiger partial charge is 0.289 e. The van der Waals surface area contributed by atoms with E-state index in [-0.39, 0.29) is 5.91 Å². The molecule has 0 aliphatic carbocycles. The minimum atomic E-state index is -0.379. The Morgan fingerprint density at radius 1 is 0.868 bits per heavy atom. The van der Waals surface area contributed by atoms with Crippen molar-refractivity contribution in [3.05, 3.63) is 96.2 Å². The number of hydrogen-bond acceptors (Lipinski definition) is 5. The van der Waals surface area contributed by atoms with Crippen LogP contribution in [0, 0.1) is 0 Å². The number of unbranched alkanes of at least 4 members (excludes halogenated alkanes) is 5. The molecular weight excluding hydrogens is 476 g/mol. The molecule has 0 saturated carbocycles. The lowest BCUT2D eigenvalue weighted by molar-refractivity contribution is 0.0950. The van der Waals surface area contributed by atoms with E-state index in [1.807, 2.05) is 78.9 Å². The van der Waals surface area contributed by atoms with Crippen molar-refractivity contribution in [3.63, 3.8) is 0 Å². The van der Waals surface area contributed by atoms with Crippen molar-refractivity contribution in [1.82, 2.24) is 15.6 Å². The number of amides is 1. The zero-order valence-electron chi connectivity index (χ0n) is 21.7. The molecule has 196 valence electrons. The molecule has 0 unspecified atom stereocenters. The van der Waals surface area contributed by atoms with Gasteiger partial charge in [-0.2, -0.15) is 10.2 Å². The molecule has 0 spiro atoms. The van der Waals surface area contributed by atoms with Crippen molar-refractivity contribution >= 4 is 12.1 Å². The first-order valence-corrected chi connectivity index (χ1v) is 13.2. The number of rotatable bonds is 14. The summed E-state index contributed by atoms with van der Waals surface area (Å²) < 4.78 is 11.7. The summed E-state index contributed by atoms with van der Waals surface area (Å²) in [4.78, 5) is 12.5. The highest BCUT2D eigenvalue weighted by Crippen LogP contribution is 2.23. The van der Waals surface area contributed by atoms with E-state index < -0.39 is 0 Å². The standard InChI is InChI=1S/C31H34N4O3/c1-2-3-4-5-6-10-20-37-26-18-16-25(17-19-26)29-22-30(34-33-29)31(36)35-32-23-24-12-11-15-28(21-24)38-27-13-8-7-9-14-27/h7-9,11-19,21-23H,2-6,10,20H2,1H3,(H,33,34)(H,35,36)/b32-23-. The van der Waals surface area contributed by atoms with Gasteiger partial charge in [-0.15, -0.1) is 0 Å². The number of nitrogens with one attached hydrogen (secondary N) is 2. The van der Waals surface area contributed by atoms with Gasteiger partial charge in [0, 0.05) is 5.56 Å². The van der Waals surface area contributed by atoms with Gasteiger partial charge in [0.25, 0.3) is 5.91 Å². The Hall–Kier alpha value is -4.39. The van der Waals surface area contributed by atoms with E-state index in [0.717, 1.165) is 35.7 Å². The van der Waals surface area contributed by atoms with E-state index in [4.69, 9.17) is 9.47 Å². The number of hydrazone groups is 1. The van der Waals surface area contributed by atoms with Gasteiger partial charge in [0.05, 0.1) is 18.5 Å². The fourth-order valence-electron chi connectivity index (χ4n) is 3.89. The molecule has 3 aromatic carbocycles. The predicted molar refractivity (Wildman–Crippen MR) is 151 cm³/mol. The summed E-state index contributed by atoms with van der Waals surface area (Å²) in [5.41, 5.74) is 5.22. The van der Waals surface area contributed by atoms with Crippen molar-refractivity contribution in [2.24, 2.45) is 5.10 Å². The fourth-order valence-corrected chi connectivity index (χ4v) is 3.89. The van der Waals surface area contributed by atoms with E-state index in [1.165, 1.54) is 32.1 Å². The third kappa shape index (κ3) is 8.34. The van der Waals surface area contributed by atoms with Crippen LogP contribution in [0.15, 0.2) is 90.0 Å². The van der Waals surface area contributed by atoms with Gasteiger partial charge in [-0.3, -0.25) is 9.89 Å². The van der Waals surface area contributed by atoms with E-state index >= 15 is 0 Å². The molecule has 0 fully saturated rings. The molecule has 0 bridgehead atoms. The molecule has 1 heterocycles. The van der Waals surface area contributed by atoms with Gasteiger partial charge in [-0.05, 0) is 66.6 Å². The molecule has 7 heteroatoms. The summed E-state index contributed by atoms with van der Waals surface area (Å²) in [5.74, 6) is 1.89. The summed E-state index contributed by atoms with van der Waals surface area (Å²) in [6.45, 7) is 2.95. The topological polar surface area (TPSA) is 88.6 Å². The number of ether oxygens (including phenoxy) is 2. The highest BCUT2D eigenvalue weighted by molar-refractivity contribution is 5.94. The summed E-state index contributed by atoms with van der Waals surface area (Å²) in [7, 11) is 0. The first-order chi connectivity index (χ1) is 18.7. The van der Waals surface area contributed by atoms with E-state index in [1.54, 1.807) is 12.3 Å². The van der Waals surface area contributed by atoms with E-state index in [9.17, 15) is 4.79 Å². The van der Waals surface area contributed by atoms with Crippen LogP contribution >= 0.6 is 0 Å². The predicted octanol–water partition coefficient (Wildman–Crippen LogP) is 7.37. The maximum absolute atomic E-state index is 12.5. The second-order valence-corrected chi connectivity index (χ2v) is 8.99. The number of benzene rings is 3. The van der Waals surface area contributed by atoms with Gasteiger partial charge >= 0.3 is 0 Å². The zero-order chi connectivity index (χ0) is 26.4. The van der Waals surface area contributed by atoms with Crippen LogP contribution in [0.25, 0.3) is 11.3 Å². The van der Waals surface area contributed by atoms with E-state index in [0.29, 0.717) is 17.1 Å². The number of carbonyl (C=O) groups excluding carboxylic acids is 1. The van der Waals surface area contributed by atoms with Crippen LogP contribution in [0.2, 0.25) is 0 Å². The van der Waals surface area contributed by atoms with Crippen LogP contribution in [-0.2, 0) is 0 Å². The van der Waals surface area contributed by atoms with Crippen LogP contribution < -0.4 is 14.9 Å². The summed E-state index contributed by atoms with van der Waals surface area (Å²) >= 11 is 0. The van der Waals surface area contributed by atoms with E-state index in [2.05, 4.69) is 27.6 Å². The average molecular weight is 511 g/mol. The van der Waals surface area contributed by atoms with Crippen LogP contribution in [-0.4, -0.2) is 28.9 Å². The van der Waals surface area contributed by atoms with Crippen LogP contribution in [0.3, 0.4) is 0 Å². The van der Waals surface area contributed by atoms with Gasteiger partial charge in [-0.1, -0.05) is 69.4 Å². The Bertz CT molecular complexity index is 1300. The molecule has 1 amide bonds. The zero-order valence-corrected chi connectivity index (χ0v) is 21.7. The van der Waals surface area contributed by atoms with Gasteiger partial charge in [0.15, 0.2) is 0 Å². The Labute approximate surface area is 223 Å². The van der Waals surface area contributed by atoms with Gasteiger partial charge < -0.3 is 9.47 Å². The van der Waals surface area contributed by atoms with Crippen molar-refractivity contribution in [2.45, 2.75) is 45.4 Å². The number of aromatic amines is 1.